The summed E-state index contributed by atoms with van der Waals surface area (Å²) in [5.41, 5.74) is 3.15. The van der Waals surface area contributed by atoms with Gasteiger partial charge in [0.1, 0.15) is 5.82 Å². The molecule has 89 valence electrons. The molecule has 0 aliphatic heterocycles. The van der Waals surface area contributed by atoms with Gasteiger partial charge < -0.3 is 4.57 Å². The number of nitrogens with zero attached hydrogens (tertiary/aromatic N) is 2. The molecule has 1 radical (unpaired) electrons. The van der Waals surface area contributed by atoms with Crippen molar-refractivity contribution in [2.45, 2.75) is 13.5 Å². The van der Waals surface area contributed by atoms with E-state index in [1.54, 1.807) is 0 Å². The van der Waals surface area contributed by atoms with Crippen molar-refractivity contribution in [3.63, 3.8) is 0 Å². The predicted molar refractivity (Wildman–Crippen MR) is 74.7 cm³/mol. The summed E-state index contributed by atoms with van der Waals surface area (Å²) in [6.07, 6.45) is 0. The van der Waals surface area contributed by atoms with Crippen LogP contribution in [0.3, 0.4) is 0 Å². The number of rotatable bonds is 2. The van der Waals surface area contributed by atoms with E-state index in [2.05, 4.69) is 22.5 Å². The van der Waals surface area contributed by atoms with Gasteiger partial charge in [-0.05, 0) is 31.2 Å². The lowest BCUT2D eigenvalue weighted by molar-refractivity contribution is 0.796. The maximum absolute atomic E-state index is 6.02. The summed E-state index contributed by atoms with van der Waals surface area (Å²) in [6, 6.07) is 16.7. The molecule has 2 nitrogen and oxygen atoms in total. The van der Waals surface area contributed by atoms with Crippen LogP contribution in [0, 0.1) is 6.07 Å². The highest BCUT2D eigenvalue weighted by molar-refractivity contribution is 6.31. The van der Waals surface area contributed by atoms with Crippen LogP contribution in [0.1, 0.15) is 6.92 Å². The SMILES string of the molecule is CCn1c(-c2cc[c]cc2)nc2cc(Cl)ccc21. The average molecular weight is 256 g/mol. The molecule has 0 amide bonds. The van der Waals surface area contributed by atoms with Crippen LogP contribution in [0.5, 0.6) is 0 Å². The van der Waals surface area contributed by atoms with Gasteiger partial charge in [0, 0.05) is 17.1 Å². The van der Waals surface area contributed by atoms with Gasteiger partial charge in [-0.15, -0.1) is 0 Å². The Kier molecular flexibility index (Phi) is 2.80. The zero-order valence-corrected chi connectivity index (χ0v) is 10.8. The molecule has 0 saturated carbocycles. The fourth-order valence-electron chi connectivity index (χ4n) is 2.18. The van der Waals surface area contributed by atoms with Gasteiger partial charge >= 0.3 is 0 Å². The molecular weight excluding hydrogens is 244 g/mol. The molecule has 1 heterocycles. The van der Waals surface area contributed by atoms with Crippen molar-refractivity contribution in [3.05, 3.63) is 53.6 Å². The van der Waals surface area contributed by atoms with E-state index in [0.717, 1.165) is 34.0 Å². The monoisotopic (exact) mass is 255 g/mol. The van der Waals surface area contributed by atoms with Crippen LogP contribution in [0.15, 0.2) is 42.5 Å². The molecule has 2 aromatic carbocycles. The van der Waals surface area contributed by atoms with Gasteiger partial charge in [-0.1, -0.05) is 35.9 Å². The van der Waals surface area contributed by atoms with Gasteiger partial charge in [0.05, 0.1) is 11.0 Å². The molecule has 0 atom stereocenters. The molecule has 3 heteroatoms. The minimum absolute atomic E-state index is 0.719. The van der Waals surface area contributed by atoms with Gasteiger partial charge in [0.15, 0.2) is 0 Å². The van der Waals surface area contributed by atoms with E-state index in [9.17, 15) is 0 Å². The third-order valence-corrected chi connectivity index (χ3v) is 3.24. The molecule has 0 aliphatic rings. The van der Waals surface area contributed by atoms with Crippen LogP contribution >= 0.6 is 11.6 Å². The summed E-state index contributed by atoms with van der Waals surface area (Å²) < 4.78 is 2.20. The topological polar surface area (TPSA) is 17.8 Å². The Balaban J connectivity index is 2.29. The van der Waals surface area contributed by atoms with E-state index in [1.165, 1.54) is 0 Å². The lowest BCUT2D eigenvalue weighted by atomic mass is 10.2. The van der Waals surface area contributed by atoms with E-state index in [1.807, 2.05) is 42.5 Å². The number of hydrogen-bond acceptors (Lipinski definition) is 1. The summed E-state index contributed by atoms with van der Waals surface area (Å²) in [6.45, 7) is 3.00. The Hall–Kier alpha value is -1.80. The van der Waals surface area contributed by atoms with Crippen LogP contribution in [0.2, 0.25) is 5.02 Å². The second-order valence-electron chi connectivity index (χ2n) is 4.10. The number of hydrogen-bond donors (Lipinski definition) is 0. The molecule has 0 spiro atoms. The summed E-state index contributed by atoms with van der Waals surface area (Å²) in [5.74, 6) is 0.976. The quantitative estimate of drug-likeness (QED) is 0.672. The van der Waals surface area contributed by atoms with E-state index in [4.69, 9.17) is 11.6 Å². The minimum atomic E-state index is 0.719. The van der Waals surface area contributed by atoms with Crippen LogP contribution in [0.4, 0.5) is 0 Å². The normalized spacial score (nSPS) is 11.0. The molecule has 3 rings (SSSR count). The highest BCUT2D eigenvalue weighted by Crippen LogP contribution is 2.26. The number of halogens is 1. The molecule has 18 heavy (non-hydrogen) atoms. The van der Waals surface area contributed by atoms with Crippen molar-refractivity contribution in [1.82, 2.24) is 9.55 Å². The van der Waals surface area contributed by atoms with Gasteiger partial charge in [0.25, 0.3) is 0 Å². The Morgan fingerprint density at radius 1 is 1.22 bits per heavy atom. The Morgan fingerprint density at radius 2 is 2.00 bits per heavy atom. The van der Waals surface area contributed by atoms with Crippen molar-refractivity contribution in [3.8, 4) is 11.4 Å². The molecular formula is C15H12ClN2. The Labute approximate surface area is 111 Å². The second kappa shape index (κ2) is 4.46. The lowest BCUT2D eigenvalue weighted by Gasteiger charge is -2.05. The molecule has 0 bridgehead atoms. The highest BCUT2D eigenvalue weighted by atomic mass is 35.5. The van der Waals surface area contributed by atoms with Crippen molar-refractivity contribution in [2.75, 3.05) is 0 Å². The summed E-state index contributed by atoms with van der Waals surface area (Å²) >= 11 is 6.02. The van der Waals surface area contributed by atoms with Crippen molar-refractivity contribution in [1.29, 1.82) is 0 Å². The average Bonchev–Trinajstić information content (AvgIpc) is 2.77. The van der Waals surface area contributed by atoms with Gasteiger partial charge in [-0.2, -0.15) is 0 Å². The number of imidazole rings is 1. The number of aryl methyl sites for hydroxylation is 1. The molecule has 0 N–H and O–H groups in total. The van der Waals surface area contributed by atoms with Crippen LogP contribution < -0.4 is 0 Å². The first-order valence-electron chi connectivity index (χ1n) is 5.92. The molecule has 3 aromatic rings. The molecule has 0 saturated heterocycles. The predicted octanol–water partition coefficient (Wildman–Crippen LogP) is 4.18. The number of benzene rings is 2. The zero-order chi connectivity index (χ0) is 12.5. The Morgan fingerprint density at radius 3 is 2.72 bits per heavy atom. The molecule has 1 aromatic heterocycles. The van der Waals surface area contributed by atoms with E-state index >= 15 is 0 Å². The van der Waals surface area contributed by atoms with Gasteiger partial charge in [-0.3, -0.25) is 0 Å². The smallest absolute Gasteiger partial charge is 0.141 e. The fourth-order valence-corrected chi connectivity index (χ4v) is 2.35. The fraction of sp³-hybridized carbons (Fsp3) is 0.133. The zero-order valence-electron chi connectivity index (χ0n) is 10.0. The van der Waals surface area contributed by atoms with E-state index < -0.39 is 0 Å². The summed E-state index contributed by atoms with van der Waals surface area (Å²) in [5, 5.41) is 0.719. The molecule has 0 fully saturated rings. The maximum atomic E-state index is 6.02. The highest BCUT2D eigenvalue weighted by Gasteiger charge is 2.11. The van der Waals surface area contributed by atoms with Crippen LogP contribution in [0.25, 0.3) is 22.4 Å². The summed E-state index contributed by atoms with van der Waals surface area (Å²) in [4.78, 5) is 4.68. The van der Waals surface area contributed by atoms with Gasteiger partial charge in [0.2, 0.25) is 0 Å². The largest absolute Gasteiger partial charge is 0.324 e. The van der Waals surface area contributed by atoms with Crippen molar-refractivity contribution < 1.29 is 0 Å². The minimum Gasteiger partial charge on any atom is -0.324 e. The van der Waals surface area contributed by atoms with E-state index in [-0.39, 0.29) is 0 Å². The summed E-state index contributed by atoms with van der Waals surface area (Å²) in [7, 11) is 0. The third-order valence-electron chi connectivity index (χ3n) is 3.00. The van der Waals surface area contributed by atoms with E-state index in [0.29, 0.717) is 0 Å². The first kappa shape index (κ1) is 11.3. The van der Waals surface area contributed by atoms with Crippen LogP contribution in [-0.4, -0.2) is 9.55 Å². The standard InChI is InChI=1S/C15H12ClN2/c1-2-18-14-9-8-12(16)10-13(14)17-15(18)11-6-4-3-5-7-11/h4-10H,2H2,1H3. The maximum Gasteiger partial charge on any atom is 0.141 e. The first-order valence-corrected chi connectivity index (χ1v) is 6.29. The molecule has 0 aliphatic carbocycles. The number of fused-ring (bicyclic) bond motifs is 1. The van der Waals surface area contributed by atoms with Crippen molar-refractivity contribution >= 4 is 22.6 Å². The second-order valence-corrected chi connectivity index (χ2v) is 4.54. The first-order chi connectivity index (χ1) is 8.79. The Bertz CT molecular complexity index is 686. The van der Waals surface area contributed by atoms with Crippen molar-refractivity contribution in [2.24, 2.45) is 0 Å². The molecule has 0 unspecified atom stereocenters. The third kappa shape index (κ3) is 1.79. The number of aromatic nitrogens is 2. The van der Waals surface area contributed by atoms with Gasteiger partial charge in [-0.25, -0.2) is 4.98 Å². The van der Waals surface area contributed by atoms with Crippen LogP contribution in [-0.2, 0) is 6.54 Å². The lowest BCUT2D eigenvalue weighted by Crippen LogP contribution is -1.97.